The lowest BCUT2D eigenvalue weighted by Crippen LogP contribution is -2.30. The number of carbonyl (C=O) groups is 1. The molecular formula is C24H29FN5O17P3. The number of phosphoric acid groups is 3. The van der Waals surface area contributed by atoms with Crippen LogP contribution in [-0.2, 0) is 41.1 Å². The van der Waals surface area contributed by atoms with Gasteiger partial charge in [0.1, 0.15) is 30.1 Å². The minimum Gasteiger partial charge on any atom is -0.441 e. The summed E-state index contributed by atoms with van der Waals surface area (Å²) < 4.78 is 77.6. The quantitative estimate of drug-likeness (QED) is 0.0495. The van der Waals surface area contributed by atoms with Crippen LogP contribution in [0.15, 0.2) is 41.8 Å². The van der Waals surface area contributed by atoms with Crippen LogP contribution >= 0.6 is 23.5 Å². The van der Waals surface area contributed by atoms with Gasteiger partial charge in [-0.25, -0.2) is 27.7 Å². The molecule has 0 aliphatic carbocycles. The Bertz CT molecular complexity index is 1880. The summed E-state index contributed by atoms with van der Waals surface area (Å²) in [6, 6.07) is 2.68. The Kier molecular flexibility index (Phi) is 13.7. The van der Waals surface area contributed by atoms with E-state index in [9.17, 15) is 47.6 Å². The summed E-state index contributed by atoms with van der Waals surface area (Å²) in [5, 5.41) is 13.5. The Balaban J connectivity index is 1.68. The maximum atomic E-state index is 13.6. The summed E-state index contributed by atoms with van der Waals surface area (Å²) in [6.45, 7) is 3.50. The number of nitrogens with two attached hydrogens (primary N) is 1. The topological polar surface area (TPSA) is 321 Å². The highest BCUT2D eigenvalue weighted by atomic mass is 31.3. The van der Waals surface area contributed by atoms with Crippen molar-refractivity contribution in [1.29, 1.82) is 0 Å². The fraction of sp³-hybridized carbons (Fsp3) is 0.375. The fourth-order valence-electron chi connectivity index (χ4n) is 4.18. The molecule has 3 rings (SSSR count). The summed E-state index contributed by atoms with van der Waals surface area (Å²) in [5.74, 6) is 4.03. The van der Waals surface area contributed by atoms with E-state index >= 15 is 0 Å². The minimum atomic E-state index is -5.78. The number of ether oxygens (including phenoxy) is 3. The van der Waals surface area contributed by atoms with Gasteiger partial charge in [0.05, 0.1) is 41.9 Å². The molecule has 3 unspecified atom stereocenters. The van der Waals surface area contributed by atoms with Crippen molar-refractivity contribution in [2.24, 2.45) is 0 Å². The number of benzene rings is 1. The molecule has 0 spiro atoms. The number of nitro groups is 1. The van der Waals surface area contributed by atoms with E-state index in [0.29, 0.717) is 0 Å². The molecule has 1 aliphatic rings. The third-order valence-electron chi connectivity index (χ3n) is 6.17. The second kappa shape index (κ2) is 16.9. The molecule has 0 saturated carbocycles. The summed E-state index contributed by atoms with van der Waals surface area (Å²) in [6.07, 6.45) is -3.25. The summed E-state index contributed by atoms with van der Waals surface area (Å²) >= 11 is 0. The molecule has 50 heavy (non-hydrogen) atoms. The lowest BCUT2D eigenvalue weighted by Gasteiger charge is -2.21. The average Bonchev–Trinajstić information content (AvgIpc) is 3.38. The van der Waals surface area contributed by atoms with Gasteiger partial charge in [0.15, 0.2) is 0 Å². The van der Waals surface area contributed by atoms with E-state index in [4.69, 9.17) is 29.7 Å². The normalized spacial score (nSPS) is 20.4. The zero-order chi connectivity index (χ0) is 37.4. The molecule has 2 aromatic rings. The number of anilines is 1. The van der Waals surface area contributed by atoms with E-state index in [1.54, 1.807) is 0 Å². The number of rotatable bonds is 15. The molecule has 1 amide bonds. The molecule has 2 heterocycles. The van der Waals surface area contributed by atoms with Crippen LogP contribution in [0.4, 0.5) is 20.7 Å². The van der Waals surface area contributed by atoms with Gasteiger partial charge in [0, 0.05) is 18.7 Å². The van der Waals surface area contributed by atoms with E-state index < -0.39 is 82.8 Å². The van der Waals surface area contributed by atoms with Crippen LogP contribution in [0.25, 0.3) is 0 Å². The van der Waals surface area contributed by atoms with Crippen molar-refractivity contribution < 1.29 is 74.7 Å². The number of phosphoric ester groups is 1. The molecule has 6 atom stereocenters. The van der Waals surface area contributed by atoms with Gasteiger partial charge < -0.3 is 44.8 Å². The van der Waals surface area contributed by atoms with Gasteiger partial charge in [-0.2, -0.15) is 13.6 Å². The summed E-state index contributed by atoms with van der Waals surface area (Å²) in [4.78, 5) is 75.5. The molecule has 22 nitrogen and oxygen atoms in total. The van der Waals surface area contributed by atoms with Crippen molar-refractivity contribution in [2.45, 2.75) is 37.9 Å². The fourth-order valence-corrected chi connectivity index (χ4v) is 7.21. The number of alkyl carbamates (subject to hydrolysis) is 1. The van der Waals surface area contributed by atoms with Crippen molar-refractivity contribution in [1.82, 2.24) is 14.9 Å². The lowest BCUT2D eigenvalue weighted by atomic mass is 10.1. The van der Waals surface area contributed by atoms with Crippen molar-refractivity contribution in [3.05, 3.63) is 74.6 Å². The number of nitro benzene ring substituents is 1. The van der Waals surface area contributed by atoms with E-state index in [1.165, 1.54) is 13.0 Å². The van der Waals surface area contributed by atoms with Gasteiger partial charge in [0.2, 0.25) is 0 Å². The molecule has 0 radical (unpaired) electrons. The molecule has 0 bridgehead atoms. The minimum absolute atomic E-state index is 0.0209. The Morgan fingerprint density at radius 3 is 2.64 bits per heavy atom. The molecule has 1 saturated heterocycles. The second-order valence-corrected chi connectivity index (χ2v) is 14.2. The van der Waals surface area contributed by atoms with Crippen LogP contribution in [0, 0.1) is 27.8 Å². The van der Waals surface area contributed by atoms with E-state index in [0.717, 1.165) is 29.0 Å². The van der Waals surface area contributed by atoms with Gasteiger partial charge in [0.25, 0.3) is 5.69 Å². The summed E-state index contributed by atoms with van der Waals surface area (Å²) in [5.41, 5.74) is 4.24. The maximum Gasteiger partial charge on any atom is 0.490 e. The van der Waals surface area contributed by atoms with Crippen molar-refractivity contribution in [2.75, 3.05) is 25.5 Å². The van der Waals surface area contributed by atoms with Crippen LogP contribution < -0.4 is 16.7 Å². The number of nitrogens with zero attached hydrogens (tertiary/aromatic N) is 3. The molecule has 274 valence electrons. The molecule has 1 aromatic carbocycles. The molecule has 26 heteroatoms. The van der Waals surface area contributed by atoms with Crippen LogP contribution in [0.5, 0.6) is 0 Å². The highest BCUT2D eigenvalue weighted by Crippen LogP contribution is 2.66. The predicted molar refractivity (Wildman–Crippen MR) is 164 cm³/mol. The number of hydrogen-bond donors (Lipinski definition) is 6. The Morgan fingerprint density at radius 1 is 1.30 bits per heavy atom. The predicted octanol–water partition coefficient (Wildman–Crippen LogP) is 1.91. The van der Waals surface area contributed by atoms with Crippen molar-refractivity contribution in [3.8, 4) is 11.8 Å². The lowest BCUT2D eigenvalue weighted by molar-refractivity contribution is -0.386. The second-order valence-electron chi connectivity index (χ2n) is 9.80. The first kappa shape index (κ1) is 40.6. The van der Waals surface area contributed by atoms with Crippen molar-refractivity contribution in [3.63, 3.8) is 0 Å². The number of carbonyl (C=O) groups excluding carboxylic acids is 1. The highest BCUT2D eigenvalue weighted by molar-refractivity contribution is 7.66. The number of amides is 1. The zero-order valence-electron chi connectivity index (χ0n) is 25.5. The van der Waals surface area contributed by atoms with Crippen molar-refractivity contribution >= 4 is 41.1 Å². The van der Waals surface area contributed by atoms with Crippen LogP contribution in [0.2, 0.25) is 0 Å². The molecular weight excluding hydrogens is 742 g/mol. The van der Waals surface area contributed by atoms with E-state index in [2.05, 4.69) is 41.9 Å². The maximum absolute atomic E-state index is 13.6. The summed E-state index contributed by atoms with van der Waals surface area (Å²) in [7, 11) is -16.9. The number of nitrogens with one attached hydrogen (secondary N) is 1. The number of halogens is 1. The molecule has 1 aromatic heterocycles. The Morgan fingerprint density at radius 2 is 2.00 bits per heavy atom. The van der Waals surface area contributed by atoms with Gasteiger partial charge in [-0.1, -0.05) is 17.9 Å². The zero-order valence-corrected chi connectivity index (χ0v) is 28.1. The molecule has 1 aliphatic heterocycles. The first-order chi connectivity index (χ1) is 23.2. The third-order valence-corrected chi connectivity index (χ3v) is 9.97. The number of aromatic nitrogens is 2. The first-order valence-electron chi connectivity index (χ1n) is 13.6. The van der Waals surface area contributed by atoms with Gasteiger partial charge in [-0.05, 0) is 19.1 Å². The smallest absolute Gasteiger partial charge is 0.441 e. The Hall–Kier alpha value is -3.87. The third kappa shape index (κ3) is 12.2. The van der Waals surface area contributed by atoms with Crippen LogP contribution in [0.1, 0.15) is 36.8 Å². The van der Waals surface area contributed by atoms with E-state index in [-0.39, 0.29) is 36.5 Å². The van der Waals surface area contributed by atoms with Crippen LogP contribution in [0.3, 0.4) is 0 Å². The van der Waals surface area contributed by atoms with Gasteiger partial charge in [-0.3, -0.25) is 19.2 Å². The van der Waals surface area contributed by atoms with Gasteiger partial charge >= 0.3 is 35.3 Å². The SMILES string of the molecule is C=CCO[C@H]1C[C@H](n2cc(C#CCNC(=O)OC(C)c3cc(F)ccc3[N+](=O)[O-])c(N)nc2=O)O[C@@H]1COP(=O)(O)OP(=O)(O)OP(=O)(O)O. The average molecular weight is 771 g/mol. The number of hydrogen-bond acceptors (Lipinski definition) is 15. The molecule has 7 N–H and O–H groups in total. The number of nitrogen functional groups attached to an aromatic ring is 1. The van der Waals surface area contributed by atoms with E-state index in [1.807, 2.05) is 0 Å². The Labute approximate surface area is 280 Å². The molecule has 1 fully saturated rings. The largest absolute Gasteiger partial charge is 0.490 e. The standard InChI is InChI=1S/C24H29FN5O17P3/c1-3-9-42-19-11-21(45-20(19)13-43-49(38,39)47-50(40,41)46-48(35,36)37)29-12-15(22(26)28-23(29)31)5-4-8-27-24(32)44-14(2)17-10-16(25)6-7-18(17)30(33)34/h3,6-7,10,12,14,19-21H,1,8-9,11,13H2,2H3,(H,27,32)(H,38,39)(H,40,41)(H2,26,28,31)(H2,35,36,37)/t14?,19-,20+,21+/m0/s1. The van der Waals surface area contributed by atoms with Gasteiger partial charge in [-0.15, -0.1) is 6.58 Å². The van der Waals surface area contributed by atoms with Crippen LogP contribution in [-0.4, -0.2) is 72.1 Å². The first-order valence-corrected chi connectivity index (χ1v) is 18.1. The highest BCUT2D eigenvalue weighted by Gasteiger charge is 2.43. The monoisotopic (exact) mass is 771 g/mol.